The second-order valence-corrected chi connectivity index (χ2v) is 5.37. The number of aryl methyl sites for hydroxylation is 3. The van der Waals surface area contributed by atoms with Crippen molar-refractivity contribution in [1.82, 2.24) is 14.8 Å². The zero-order valence-corrected chi connectivity index (χ0v) is 11.3. The molecule has 0 amide bonds. The van der Waals surface area contributed by atoms with Crippen LogP contribution in [0.1, 0.15) is 40.7 Å². The van der Waals surface area contributed by atoms with Crippen LogP contribution in [-0.2, 0) is 6.54 Å². The van der Waals surface area contributed by atoms with Gasteiger partial charge in [0.15, 0.2) is 0 Å². The topological polar surface area (TPSA) is 56.7 Å². The van der Waals surface area contributed by atoms with E-state index in [1.807, 2.05) is 30.8 Å². The molecule has 0 aliphatic rings. The highest BCUT2D eigenvalue weighted by molar-refractivity contribution is 7.11. The molecule has 2 heterocycles. The number of hydrogen-bond acceptors (Lipinski definition) is 4. The number of hydrogen-bond donors (Lipinski definition) is 1. The second-order valence-electron chi connectivity index (χ2n) is 4.14. The van der Waals surface area contributed by atoms with Crippen LogP contribution in [0.25, 0.3) is 0 Å². The summed E-state index contributed by atoms with van der Waals surface area (Å²) in [7, 11) is 0. The minimum atomic E-state index is -0.116. The van der Waals surface area contributed by atoms with Gasteiger partial charge in [0.25, 0.3) is 0 Å². The lowest BCUT2D eigenvalue weighted by molar-refractivity contribution is 0.561. The van der Waals surface area contributed by atoms with Crippen LogP contribution in [0.15, 0.2) is 12.3 Å². The standard InChI is InChI=1S/C12H18N4S/c1-4-7-16-10(5-6-14-16)11(13)12-8(2)15-9(3)17-12/h5-6,11H,4,7,13H2,1-3H3. The van der Waals surface area contributed by atoms with Crippen LogP contribution in [0.5, 0.6) is 0 Å². The van der Waals surface area contributed by atoms with Crippen LogP contribution in [0.3, 0.4) is 0 Å². The lowest BCUT2D eigenvalue weighted by Gasteiger charge is -2.12. The Hall–Kier alpha value is -1.20. The SMILES string of the molecule is CCCn1nccc1C(N)c1sc(C)nc1C. The Kier molecular flexibility index (Phi) is 3.59. The minimum Gasteiger partial charge on any atom is -0.318 e. The number of nitrogens with zero attached hydrogens (tertiary/aromatic N) is 3. The van der Waals surface area contributed by atoms with Crippen LogP contribution in [-0.4, -0.2) is 14.8 Å². The van der Waals surface area contributed by atoms with Gasteiger partial charge in [-0.15, -0.1) is 11.3 Å². The maximum atomic E-state index is 6.32. The molecule has 0 bridgehead atoms. The molecule has 0 aliphatic heterocycles. The predicted octanol–water partition coefficient (Wildman–Crippen LogP) is 2.41. The van der Waals surface area contributed by atoms with Crippen LogP contribution >= 0.6 is 11.3 Å². The third-order valence-corrected chi connectivity index (χ3v) is 3.88. The smallest absolute Gasteiger partial charge is 0.0900 e. The lowest BCUT2D eigenvalue weighted by atomic mass is 10.1. The summed E-state index contributed by atoms with van der Waals surface area (Å²) in [6.07, 6.45) is 2.87. The lowest BCUT2D eigenvalue weighted by Crippen LogP contribution is -2.17. The van der Waals surface area contributed by atoms with Gasteiger partial charge >= 0.3 is 0 Å². The van der Waals surface area contributed by atoms with Crippen molar-refractivity contribution in [3.05, 3.63) is 33.5 Å². The van der Waals surface area contributed by atoms with Gasteiger partial charge in [-0.05, 0) is 26.3 Å². The van der Waals surface area contributed by atoms with E-state index in [0.717, 1.165) is 34.2 Å². The van der Waals surface area contributed by atoms with Crippen LogP contribution < -0.4 is 5.73 Å². The van der Waals surface area contributed by atoms with Gasteiger partial charge in [-0.25, -0.2) is 4.98 Å². The van der Waals surface area contributed by atoms with Gasteiger partial charge < -0.3 is 5.73 Å². The molecule has 0 fully saturated rings. The van der Waals surface area contributed by atoms with Crippen molar-refractivity contribution in [3.63, 3.8) is 0 Å². The molecule has 4 nitrogen and oxygen atoms in total. The van der Waals surface area contributed by atoms with E-state index in [9.17, 15) is 0 Å². The number of nitrogens with two attached hydrogens (primary N) is 1. The maximum absolute atomic E-state index is 6.32. The Morgan fingerprint density at radius 2 is 2.24 bits per heavy atom. The zero-order valence-electron chi connectivity index (χ0n) is 10.5. The van der Waals surface area contributed by atoms with Crippen molar-refractivity contribution in [3.8, 4) is 0 Å². The zero-order chi connectivity index (χ0) is 12.4. The average molecular weight is 250 g/mol. The van der Waals surface area contributed by atoms with Crippen molar-refractivity contribution in [2.75, 3.05) is 0 Å². The fraction of sp³-hybridized carbons (Fsp3) is 0.500. The van der Waals surface area contributed by atoms with Gasteiger partial charge in [-0.3, -0.25) is 4.68 Å². The Balaban J connectivity index is 2.33. The van der Waals surface area contributed by atoms with E-state index < -0.39 is 0 Å². The molecule has 0 aromatic carbocycles. The van der Waals surface area contributed by atoms with E-state index in [4.69, 9.17) is 5.73 Å². The molecule has 0 saturated heterocycles. The summed E-state index contributed by atoms with van der Waals surface area (Å²) in [5.74, 6) is 0. The summed E-state index contributed by atoms with van der Waals surface area (Å²) >= 11 is 1.67. The second kappa shape index (κ2) is 4.98. The molecule has 2 aromatic heterocycles. The molecule has 1 unspecified atom stereocenters. The van der Waals surface area contributed by atoms with Gasteiger partial charge in [0.05, 0.1) is 27.3 Å². The highest BCUT2D eigenvalue weighted by Crippen LogP contribution is 2.27. The summed E-state index contributed by atoms with van der Waals surface area (Å²) in [6.45, 7) is 7.07. The average Bonchev–Trinajstić information content (AvgIpc) is 2.85. The summed E-state index contributed by atoms with van der Waals surface area (Å²) in [6, 6.07) is 1.88. The summed E-state index contributed by atoms with van der Waals surface area (Å²) < 4.78 is 1.99. The summed E-state index contributed by atoms with van der Waals surface area (Å²) in [5, 5.41) is 5.37. The number of aromatic nitrogens is 3. The van der Waals surface area contributed by atoms with Crippen molar-refractivity contribution >= 4 is 11.3 Å². The van der Waals surface area contributed by atoms with Gasteiger partial charge in [0.1, 0.15) is 0 Å². The first kappa shape index (κ1) is 12.3. The Labute approximate surface area is 105 Å². The molecule has 0 saturated carbocycles. The van der Waals surface area contributed by atoms with Gasteiger partial charge in [0.2, 0.25) is 0 Å². The molecule has 2 aromatic rings. The minimum absolute atomic E-state index is 0.116. The summed E-state index contributed by atoms with van der Waals surface area (Å²) in [4.78, 5) is 5.57. The number of thiazole rings is 1. The Morgan fingerprint density at radius 3 is 2.82 bits per heavy atom. The number of rotatable bonds is 4. The van der Waals surface area contributed by atoms with Crippen LogP contribution in [0.2, 0.25) is 0 Å². The fourth-order valence-corrected chi connectivity index (χ4v) is 2.92. The monoisotopic (exact) mass is 250 g/mol. The van der Waals surface area contributed by atoms with Crippen molar-refractivity contribution < 1.29 is 0 Å². The third kappa shape index (κ3) is 2.40. The Morgan fingerprint density at radius 1 is 1.47 bits per heavy atom. The first-order valence-corrected chi connectivity index (χ1v) is 6.66. The van der Waals surface area contributed by atoms with E-state index in [1.165, 1.54) is 0 Å². The van der Waals surface area contributed by atoms with Crippen molar-refractivity contribution in [1.29, 1.82) is 0 Å². The van der Waals surface area contributed by atoms with E-state index >= 15 is 0 Å². The molecule has 0 radical (unpaired) electrons. The molecular formula is C12H18N4S. The highest BCUT2D eigenvalue weighted by atomic mass is 32.1. The van der Waals surface area contributed by atoms with Crippen LogP contribution in [0, 0.1) is 13.8 Å². The third-order valence-electron chi connectivity index (χ3n) is 2.73. The molecule has 1 atom stereocenters. The predicted molar refractivity (Wildman–Crippen MR) is 70.1 cm³/mol. The normalized spacial score (nSPS) is 12.9. The molecule has 17 heavy (non-hydrogen) atoms. The maximum Gasteiger partial charge on any atom is 0.0900 e. The van der Waals surface area contributed by atoms with Crippen LogP contribution in [0.4, 0.5) is 0 Å². The van der Waals surface area contributed by atoms with Crippen molar-refractivity contribution in [2.24, 2.45) is 5.73 Å². The van der Waals surface area contributed by atoms with Gasteiger partial charge in [-0.2, -0.15) is 5.10 Å². The highest BCUT2D eigenvalue weighted by Gasteiger charge is 2.18. The van der Waals surface area contributed by atoms with Gasteiger partial charge in [-0.1, -0.05) is 6.92 Å². The molecule has 2 rings (SSSR count). The molecule has 92 valence electrons. The molecule has 0 aliphatic carbocycles. The summed E-state index contributed by atoms with van der Waals surface area (Å²) in [5.41, 5.74) is 8.42. The van der Waals surface area contributed by atoms with E-state index in [2.05, 4.69) is 17.0 Å². The van der Waals surface area contributed by atoms with E-state index in [1.54, 1.807) is 11.3 Å². The Bertz CT molecular complexity index is 500. The van der Waals surface area contributed by atoms with Gasteiger partial charge in [0, 0.05) is 12.7 Å². The molecular weight excluding hydrogens is 232 g/mol. The molecule has 2 N–H and O–H groups in total. The first-order valence-electron chi connectivity index (χ1n) is 5.84. The fourth-order valence-electron chi connectivity index (χ4n) is 1.98. The molecule has 0 spiro atoms. The van der Waals surface area contributed by atoms with E-state index in [0.29, 0.717) is 0 Å². The quantitative estimate of drug-likeness (QED) is 0.906. The molecule has 5 heteroatoms. The largest absolute Gasteiger partial charge is 0.318 e. The van der Waals surface area contributed by atoms with E-state index in [-0.39, 0.29) is 6.04 Å². The van der Waals surface area contributed by atoms with Crippen molar-refractivity contribution in [2.45, 2.75) is 39.8 Å². The first-order chi connectivity index (χ1) is 8.13.